The van der Waals surface area contributed by atoms with E-state index < -0.39 is 0 Å². The SMILES string of the molecule is CCn1c(C(C)C)cc2cnccc21. The zero-order valence-corrected chi connectivity index (χ0v) is 8.99. The predicted octanol–water partition coefficient (Wildman–Crippen LogP) is 3.18. The number of pyridine rings is 1. The maximum atomic E-state index is 4.15. The molecule has 2 heteroatoms. The Hall–Kier alpha value is -1.31. The quantitative estimate of drug-likeness (QED) is 0.707. The average Bonchev–Trinajstić information content (AvgIpc) is 2.56. The molecule has 2 nitrogen and oxygen atoms in total. The van der Waals surface area contributed by atoms with Crippen molar-refractivity contribution in [1.29, 1.82) is 0 Å². The van der Waals surface area contributed by atoms with Gasteiger partial charge >= 0.3 is 0 Å². The van der Waals surface area contributed by atoms with E-state index in [0.717, 1.165) is 6.54 Å². The molecule has 0 aliphatic heterocycles. The van der Waals surface area contributed by atoms with Crippen molar-refractivity contribution in [3.63, 3.8) is 0 Å². The summed E-state index contributed by atoms with van der Waals surface area (Å²) in [6.45, 7) is 7.67. The maximum absolute atomic E-state index is 4.15. The van der Waals surface area contributed by atoms with Crippen LogP contribution in [0.3, 0.4) is 0 Å². The van der Waals surface area contributed by atoms with Crippen LogP contribution in [0, 0.1) is 0 Å². The molecular formula is C12H16N2. The number of aryl methyl sites for hydroxylation is 1. The van der Waals surface area contributed by atoms with Crippen molar-refractivity contribution in [2.24, 2.45) is 0 Å². The third kappa shape index (κ3) is 1.31. The lowest BCUT2D eigenvalue weighted by atomic mass is 10.1. The Morgan fingerprint density at radius 1 is 1.43 bits per heavy atom. The van der Waals surface area contributed by atoms with Crippen LogP contribution in [0.4, 0.5) is 0 Å². The summed E-state index contributed by atoms with van der Waals surface area (Å²) in [5, 5.41) is 1.25. The molecule has 14 heavy (non-hydrogen) atoms. The third-order valence-electron chi connectivity index (χ3n) is 2.64. The van der Waals surface area contributed by atoms with Crippen molar-refractivity contribution < 1.29 is 0 Å². The van der Waals surface area contributed by atoms with Crippen LogP contribution in [0.2, 0.25) is 0 Å². The number of rotatable bonds is 2. The summed E-state index contributed by atoms with van der Waals surface area (Å²) in [6, 6.07) is 4.33. The molecule has 0 radical (unpaired) electrons. The van der Waals surface area contributed by atoms with Gasteiger partial charge in [-0.15, -0.1) is 0 Å². The van der Waals surface area contributed by atoms with E-state index in [9.17, 15) is 0 Å². The number of fused-ring (bicyclic) bond motifs is 1. The molecule has 0 aliphatic rings. The normalized spacial score (nSPS) is 11.4. The standard InChI is InChI=1S/C12H16N2/c1-4-14-11-5-6-13-8-10(11)7-12(14)9(2)3/h5-9H,4H2,1-3H3. The van der Waals surface area contributed by atoms with E-state index in [-0.39, 0.29) is 0 Å². The van der Waals surface area contributed by atoms with Gasteiger partial charge in [0.2, 0.25) is 0 Å². The fraction of sp³-hybridized carbons (Fsp3) is 0.417. The first-order valence-electron chi connectivity index (χ1n) is 5.17. The highest BCUT2D eigenvalue weighted by Gasteiger charge is 2.09. The van der Waals surface area contributed by atoms with E-state index in [1.807, 2.05) is 12.4 Å². The van der Waals surface area contributed by atoms with Crippen LogP contribution in [0.15, 0.2) is 24.5 Å². The van der Waals surface area contributed by atoms with Crippen LogP contribution < -0.4 is 0 Å². The van der Waals surface area contributed by atoms with Gasteiger partial charge < -0.3 is 4.57 Å². The molecule has 0 saturated heterocycles. The minimum absolute atomic E-state index is 0.572. The Morgan fingerprint density at radius 2 is 2.21 bits per heavy atom. The van der Waals surface area contributed by atoms with E-state index in [0.29, 0.717) is 5.92 Å². The molecule has 0 saturated carbocycles. The molecule has 2 rings (SSSR count). The van der Waals surface area contributed by atoms with Gasteiger partial charge in [-0.05, 0) is 25.0 Å². The first-order chi connectivity index (χ1) is 6.74. The summed E-state index contributed by atoms with van der Waals surface area (Å²) >= 11 is 0. The summed E-state index contributed by atoms with van der Waals surface area (Å²) in [5.74, 6) is 0.572. The largest absolute Gasteiger partial charge is 0.345 e. The molecule has 0 spiro atoms. The predicted molar refractivity (Wildman–Crippen MR) is 59.5 cm³/mol. The highest BCUT2D eigenvalue weighted by atomic mass is 15.0. The monoisotopic (exact) mass is 188 g/mol. The first kappa shape index (κ1) is 9.25. The van der Waals surface area contributed by atoms with Crippen molar-refractivity contribution in [3.8, 4) is 0 Å². The molecule has 0 fully saturated rings. The van der Waals surface area contributed by atoms with Gasteiger partial charge in [0.25, 0.3) is 0 Å². The lowest BCUT2D eigenvalue weighted by Crippen LogP contribution is -2.01. The van der Waals surface area contributed by atoms with E-state index >= 15 is 0 Å². The molecule has 0 bridgehead atoms. The van der Waals surface area contributed by atoms with Crippen LogP contribution in [0.5, 0.6) is 0 Å². The van der Waals surface area contributed by atoms with Gasteiger partial charge in [0, 0.05) is 30.0 Å². The topological polar surface area (TPSA) is 17.8 Å². The molecule has 0 aliphatic carbocycles. The summed E-state index contributed by atoms with van der Waals surface area (Å²) in [5.41, 5.74) is 2.70. The minimum atomic E-state index is 0.572. The lowest BCUT2D eigenvalue weighted by molar-refractivity contribution is 0.691. The maximum Gasteiger partial charge on any atom is 0.0513 e. The van der Waals surface area contributed by atoms with Gasteiger partial charge in [-0.2, -0.15) is 0 Å². The van der Waals surface area contributed by atoms with Gasteiger partial charge in [-0.1, -0.05) is 13.8 Å². The average molecular weight is 188 g/mol. The van der Waals surface area contributed by atoms with Crippen LogP contribution >= 0.6 is 0 Å². The highest BCUT2D eigenvalue weighted by Crippen LogP contribution is 2.24. The van der Waals surface area contributed by atoms with E-state index in [1.54, 1.807) is 0 Å². The summed E-state index contributed by atoms with van der Waals surface area (Å²) in [4.78, 5) is 4.15. The Balaban J connectivity index is 2.72. The highest BCUT2D eigenvalue weighted by molar-refractivity contribution is 5.80. The van der Waals surface area contributed by atoms with Crippen molar-refractivity contribution in [2.45, 2.75) is 33.2 Å². The van der Waals surface area contributed by atoms with Gasteiger partial charge in [0.15, 0.2) is 0 Å². The minimum Gasteiger partial charge on any atom is -0.345 e. The molecule has 0 N–H and O–H groups in total. The fourth-order valence-corrected chi connectivity index (χ4v) is 1.96. The number of hydrogen-bond acceptors (Lipinski definition) is 1. The second-order valence-corrected chi connectivity index (χ2v) is 3.90. The lowest BCUT2D eigenvalue weighted by Gasteiger charge is -2.10. The van der Waals surface area contributed by atoms with Crippen molar-refractivity contribution in [3.05, 3.63) is 30.2 Å². The van der Waals surface area contributed by atoms with Crippen molar-refractivity contribution in [1.82, 2.24) is 9.55 Å². The van der Waals surface area contributed by atoms with Gasteiger partial charge in [0.05, 0.1) is 5.52 Å². The molecule has 74 valence electrons. The molecule has 0 aromatic carbocycles. The molecule has 2 aromatic heterocycles. The first-order valence-corrected chi connectivity index (χ1v) is 5.17. The summed E-state index contributed by atoms with van der Waals surface area (Å²) in [7, 11) is 0. The van der Waals surface area contributed by atoms with Crippen molar-refractivity contribution in [2.75, 3.05) is 0 Å². The van der Waals surface area contributed by atoms with E-state index in [4.69, 9.17) is 0 Å². The van der Waals surface area contributed by atoms with Crippen LogP contribution in [-0.2, 0) is 6.54 Å². The van der Waals surface area contributed by atoms with E-state index in [1.165, 1.54) is 16.6 Å². The van der Waals surface area contributed by atoms with Gasteiger partial charge in [-0.25, -0.2) is 0 Å². The Morgan fingerprint density at radius 3 is 2.86 bits per heavy atom. The number of hydrogen-bond donors (Lipinski definition) is 0. The number of aromatic nitrogens is 2. The molecule has 2 aromatic rings. The van der Waals surface area contributed by atoms with E-state index in [2.05, 4.69) is 42.5 Å². The summed E-state index contributed by atoms with van der Waals surface area (Å²) in [6.07, 6.45) is 3.80. The van der Waals surface area contributed by atoms with Crippen LogP contribution in [0.1, 0.15) is 32.4 Å². The molecular weight excluding hydrogens is 172 g/mol. The van der Waals surface area contributed by atoms with Crippen LogP contribution in [0.25, 0.3) is 10.9 Å². The number of nitrogens with zero attached hydrogens (tertiary/aromatic N) is 2. The zero-order chi connectivity index (χ0) is 10.1. The second-order valence-electron chi connectivity index (χ2n) is 3.90. The smallest absolute Gasteiger partial charge is 0.0513 e. The van der Waals surface area contributed by atoms with Crippen LogP contribution in [-0.4, -0.2) is 9.55 Å². The van der Waals surface area contributed by atoms with Gasteiger partial charge in [0.1, 0.15) is 0 Å². The third-order valence-corrected chi connectivity index (χ3v) is 2.64. The van der Waals surface area contributed by atoms with Gasteiger partial charge in [-0.3, -0.25) is 4.98 Å². The molecule has 0 amide bonds. The van der Waals surface area contributed by atoms with Crippen molar-refractivity contribution >= 4 is 10.9 Å². The molecule has 0 atom stereocenters. The molecule has 0 unspecified atom stereocenters. The fourth-order valence-electron chi connectivity index (χ4n) is 1.96. The molecule has 2 heterocycles. The Bertz CT molecular complexity index is 441. The second kappa shape index (κ2) is 3.45. The summed E-state index contributed by atoms with van der Waals surface area (Å²) < 4.78 is 2.36. The Kier molecular flexibility index (Phi) is 2.28. The zero-order valence-electron chi connectivity index (χ0n) is 8.99. The Labute approximate surface area is 84.6 Å².